The third-order valence-electron chi connectivity index (χ3n) is 4.67. The van der Waals surface area contributed by atoms with Crippen molar-refractivity contribution in [3.05, 3.63) is 60.2 Å². The van der Waals surface area contributed by atoms with Crippen molar-refractivity contribution in [3.63, 3.8) is 0 Å². The van der Waals surface area contributed by atoms with Crippen LogP contribution in [-0.4, -0.2) is 58.5 Å². The molecule has 0 aliphatic carbocycles. The van der Waals surface area contributed by atoms with Crippen LogP contribution < -0.4 is 0 Å². The minimum atomic E-state index is -3.72. The van der Waals surface area contributed by atoms with Gasteiger partial charge in [0, 0.05) is 32.4 Å². The molecule has 1 saturated heterocycles. The molecular formula is C19H24N2O4S2. The van der Waals surface area contributed by atoms with E-state index in [4.69, 9.17) is 0 Å². The first-order valence-corrected chi connectivity index (χ1v) is 12.2. The average molecular weight is 409 g/mol. The third-order valence-corrected chi connectivity index (χ3v) is 7.67. The van der Waals surface area contributed by atoms with E-state index in [1.807, 2.05) is 18.2 Å². The quantitative estimate of drug-likeness (QED) is 0.756. The highest BCUT2D eigenvalue weighted by atomic mass is 32.2. The summed E-state index contributed by atoms with van der Waals surface area (Å²) in [6, 6.07) is 15.7. The maximum absolute atomic E-state index is 13.0. The molecule has 0 N–H and O–H groups in total. The van der Waals surface area contributed by atoms with Crippen LogP contribution >= 0.6 is 0 Å². The van der Waals surface area contributed by atoms with Crippen LogP contribution in [0.1, 0.15) is 12.0 Å². The number of benzene rings is 2. The molecule has 2 aromatic carbocycles. The van der Waals surface area contributed by atoms with E-state index in [1.54, 1.807) is 0 Å². The Hall–Kier alpha value is -1.74. The molecule has 0 amide bonds. The number of rotatable bonds is 5. The summed E-state index contributed by atoms with van der Waals surface area (Å²) in [5.74, 6) is 0. The molecule has 0 unspecified atom stereocenters. The molecule has 1 aliphatic rings. The van der Waals surface area contributed by atoms with Crippen LogP contribution in [0, 0.1) is 0 Å². The standard InChI is InChI=1S/C19H24N2O4S2/c1-26(22,23)18-9-5-10-19(15-18)27(24,25)21-12-6-11-20(13-14-21)16-17-7-3-2-4-8-17/h2-5,7-10,15H,6,11-14,16H2,1H3. The van der Waals surface area contributed by atoms with Gasteiger partial charge in [-0.3, -0.25) is 4.90 Å². The zero-order valence-corrected chi connectivity index (χ0v) is 16.9. The van der Waals surface area contributed by atoms with E-state index >= 15 is 0 Å². The molecule has 2 aromatic rings. The first-order valence-electron chi connectivity index (χ1n) is 8.83. The molecule has 1 heterocycles. The maximum Gasteiger partial charge on any atom is 0.243 e. The van der Waals surface area contributed by atoms with Crippen molar-refractivity contribution < 1.29 is 16.8 Å². The second-order valence-corrected chi connectivity index (χ2v) is 10.7. The van der Waals surface area contributed by atoms with E-state index in [0.717, 1.165) is 25.8 Å². The summed E-state index contributed by atoms with van der Waals surface area (Å²) in [5.41, 5.74) is 1.20. The van der Waals surface area contributed by atoms with Gasteiger partial charge in [-0.2, -0.15) is 4.31 Å². The van der Waals surface area contributed by atoms with Crippen LogP contribution in [0.4, 0.5) is 0 Å². The van der Waals surface area contributed by atoms with Crippen molar-refractivity contribution in [2.45, 2.75) is 22.8 Å². The lowest BCUT2D eigenvalue weighted by Gasteiger charge is -2.22. The normalized spacial score (nSPS) is 17.5. The van der Waals surface area contributed by atoms with E-state index < -0.39 is 19.9 Å². The van der Waals surface area contributed by atoms with Crippen LogP contribution in [0.25, 0.3) is 0 Å². The topological polar surface area (TPSA) is 74.8 Å². The first-order chi connectivity index (χ1) is 12.8. The molecule has 0 aromatic heterocycles. The van der Waals surface area contributed by atoms with E-state index in [2.05, 4.69) is 17.0 Å². The highest BCUT2D eigenvalue weighted by molar-refractivity contribution is 7.91. The fourth-order valence-corrected chi connectivity index (χ4v) is 5.46. The number of sulfonamides is 1. The van der Waals surface area contributed by atoms with E-state index in [1.165, 1.54) is 34.1 Å². The summed E-state index contributed by atoms with van der Waals surface area (Å²) < 4.78 is 50.9. The fraction of sp³-hybridized carbons (Fsp3) is 0.368. The molecule has 0 saturated carbocycles. The Morgan fingerprint density at radius 1 is 0.815 bits per heavy atom. The molecule has 0 atom stereocenters. The third kappa shape index (κ3) is 4.95. The zero-order chi connectivity index (χ0) is 19.5. The highest BCUT2D eigenvalue weighted by Gasteiger charge is 2.27. The second kappa shape index (κ2) is 8.10. The number of sulfone groups is 1. The molecule has 6 nitrogen and oxygen atoms in total. The molecular weight excluding hydrogens is 384 g/mol. The first kappa shape index (κ1) is 20.0. The molecule has 1 aliphatic heterocycles. The minimum Gasteiger partial charge on any atom is -0.298 e. The Labute approximate surface area is 161 Å². The predicted octanol–water partition coefficient (Wildman–Crippen LogP) is 1.99. The van der Waals surface area contributed by atoms with Gasteiger partial charge in [-0.25, -0.2) is 16.8 Å². The monoisotopic (exact) mass is 408 g/mol. The summed E-state index contributed by atoms with van der Waals surface area (Å²) in [4.78, 5) is 2.30. The van der Waals surface area contributed by atoms with Crippen LogP contribution in [-0.2, 0) is 26.4 Å². The molecule has 27 heavy (non-hydrogen) atoms. The SMILES string of the molecule is CS(=O)(=O)c1cccc(S(=O)(=O)N2CCCN(Cc3ccccc3)CC2)c1. The summed E-state index contributed by atoms with van der Waals surface area (Å²) in [7, 11) is -7.18. The van der Waals surface area contributed by atoms with E-state index in [9.17, 15) is 16.8 Å². The molecule has 1 fully saturated rings. The Bertz CT molecular complexity index is 989. The van der Waals surface area contributed by atoms with Crippen molar-refractivity contribution in [2.24, 2.45) is 0 Å². The van der Waals surface area contributed by atoms with Gasteiger partial charge in [0.2, 0.25) is 10.0 Å². The molecule has 0 bridgehead atoms. The van der Waals surface area contributed by atoms with Crippen LogP contribution in [0.15, 0.2) is 64.4 Å². The van der Waals surface area contributed by atoms with E-state index in [-0.39, 0.29) is 9.79 Å². The lowest BCUT2D eigenvalue weighted by Crippen LogP contribution is -2.35. The van der Waals surface area contributed by atoms with Crippen LogP contribution in [0.5, 0.6) is 0 Å². The molecule has 0 radical (unpaired) electrons. The fourth-order valence-electron chi connectivity index (χ4n) is 3.20. The summed E-state index contributed by atoms with van der Waals surface area (Å²) >= 11 is 0. The summed E-state index contributed by atoms with van der Waals surface area (Å²) in [6.45, 7) is 3.07. The Balaban J connectivity index is 1.74. The van der Waals surface area contributed by atoms with Crippen LogP contribution in [0.2, 0.25) is 0 Å². The number of hydrogen-bond donors (Lipinski definition) is 0. The molecule has 8 heteroatoms. The van der Waals surface area contributed by atoms with Gasteiger partial charge in [0.15, 0.2) is 9.84 Å². The maximum atomic E-state index is 13.0. The van der Waals surface area contributed by atoms with Gasteiger partial charge in [0.25, 0.3) is 0 Å². The van der Waals surface area contributed by atoms with Crippen LogP contribution in [0.3, 0.4) is 0 Å². The Morgan fingerprint density at radius 2 is 1.52 bits per heavy atom. The van der Waals surface area contributed by atoms with Gasteiger partial charge >= 0.3 is 0 Å². The van der Waals surface area contributed by atoms with Crippen molar-refractivity contribution in [3.8, 4) is 0 Å². The van der Waals surface area contributed by atoms with Gasteiger partial charge < -0.3 is 0 Å². The van der Waals surface area contributed by atoms with Gasteiger partial charge in [-0.1, -0.05) is 36.4 Å². The number of nitrogens with zero attached hydrogens (tertiary/aromatic N) is 2. The molecule has 3 rings (SSSR count). The van der Waals surface area contributed by atoms with Crippen molar-refractivity contribution in [1.82, 2.24) is 9.21 Å². The lowest BCUT2D eigenvalue weighted by atomic mass is 10.2. The van der Waals surface area contributed by atoms with Gasteiger partial charge in [0.05, 0.1) is 9.79 Å². The molecule has 0 spiro atoms. The largest absolute Gasteiger partial charge is 0.298 e. The minimum absolute atomic E-state index is 0.0177. The second-order valence-electron chi connectivity index (χ2n) is 6.77. The lowest BCUT2D eigenvalue weighted by molar-refractivity contribution is 0.278. The van der Waals surface area contributed by atoms with E-state index in [0.29, 0.717) is 19.6 Å². The Morgan fingerprint density at radius 3 is 2.22 bits per heavy atom. The van der Waals surface area contributed by atoms with Crippen molar-refractivity contribution in [1.29, 1.82) is 0 Å². The van der Waals surface area contributed by atoms with Crippen molar-refractivity contribution >= 4 is 19.9 Å². The zero-order valence-electron chi connectivity index (χ0n) is 15.3. The predicted molar refractivity (Wildman–Crippen MR) is 105 cm³/mol. The highest BCUT2D eigenvalue weighted by Crippen LogP contribution is 2.21. The smallest absolute Gasteiger partial charge is 0.243 e. The average Bonchev–Trinajstić information content (AvgIpc) is 2.88. The van der Waals surface area contributed by atoms with Gasteiger partial charge in [-0.15, -0.1) is 0 Å². The van der Waals surface area contributed by atoms with Gasteiger partial charge in [-0.05, 0) is 36.7 Å². The summed E-state index contributed by atoms with van der Waals surface area (Å²) in [6.07, 6.45) is 1.81. The van der Waals surface area contributed by atoms with Crippen molar-refractivity contribution in [2.75, 3.05) is 32.4 Å². The number of hydrogen-bond acceptors (Lipinski definition) is 5. The summed E-state index contributed by atoms with van der Waals surface area (Å²) in [5, 5.41) is 0. The Kier molecular flexibility index (Phi) is 6.00. The van der Waals surface area contributed by atoms with Gasteiger partial charge in [0.1, 0.15) is 0 Å². The molecule has 146 valence electrons.